The van der Waals surface area contributed by atoms with Gasteiger partial charge in [0.25, 0.3) is 0 Å². The number of rotatable bonds is 6. The van der Waals surface area contributed by atoms with Gasteiger partial charge in [-0.2, -0.15) is 15.2 Å². The molecule has 0 radical (unpaired) electrons. The van der Waals surface area contributed by atoms with E-state index in [9.17, 15) is 5.26 Å². The van der Waals surface area contributed by atoms with Crippen LogP contribution in [-0.4, -0.2) is 79.4 Å². The molecule has 0 saturated carbocycles. The van der Waals surface area contributed by atoms with Gasteiger partial charge in [-0.05, 0) is 63.7 Å². The molecule has 2 fully saturated rings. The molecular formula is C29H39N7O. The summed E-state index contributed by atoms with van der Waals surface area (Å²) in [7, 11) is 2.18. The maximum absolute atomic E-state index is 9.27. The van der Waals surface area contributed by atoms with Crippen LogP contribution in [0.5, 0.6) is 6.01 Å². The zero-order valence-electron chi connectivity index (χ0n) is 22.0. The first-order valence-electron chi connectivity index (χ1n) is 14.1. The highest BCUT2D eigenvalue weighted by Crippen LogP contribution is 2.36. The number of likely N-dealkylation sites (tertiary alicyclic amines) is 1. The lowest BCUT2D eigenvalue weighted by Gasteiger charge is -2.41. The Morgan fingerprint density at radius 1 is 1.11 bits per heavy atom. The van der Waals surface area contributed by atoms with Crippen LogP contribution >= 0.6 is 0 Å². The van der Waals surface area contributed by atoms with Crippen LogP contribution in [0.15, 0.2) is 24.3 Å². The molecule has 8 nitrogen and oxygen atoms in total. The summed E-state index contributed by atoms with van der Waals surface area (Å²) in [5, 5.41) is 12.8. The maximum atomic E-state index is 9.27. The van der Waals surface area contributed by atoms with Crippen LogP contribution in [0, 0.1) is 11.3 Å². The number of likely N-dealkylation sites (N-methyl/N-ethyl adjacent to an activating group) is 1. The zero-order valence-corrected chi connectivity index (χ0v) is 22.0. The topological polar surface area (TPSA) is 80.5 Å². The van der Waals surface area contributed by atoms with Crippen LogP contribution in [0.1, 0.15) is 48.9 Å². The minimum atomic E-state index is 0.169. The van der Waals surface area contributed by atoms with Gasteiger partial charge < -0.3 is 24.8 Å². The molecule has 4 heterocycles. The monoisotopic (exact) mass is 501 g/mol. The number of aromatic nitrogens is 2. The van der Waals surface area contributed by atoms with Crippen molar-refractivity contribution in [2.24, 2.45) is 0 Å². The lowest BCUT2D eigenvalue weighted by molar-refractivity contribution is 0.187. The second kappa shape index (κ2) is 10.8. The van der Waals surface area contributed by atoms with Crippen molar-refractivity contribution in [3.8, 4) is 12.1 Å². The Kier molecular flexibility index (Phi) is 7.16. The van der Waals surface area contributed by atoms with Crippen LogP contribution in [0.2, 0.25) is 0 Å². The van der Waals surface area contributed by atoms with Gasteiger partial charge in [-0.25, -0.2) is 0 Å². The number of nitrogens with zero attached hydrogens (tertiary/aromatic N) is 6. The summed E-state index contributed by atoms with van der Waals surface area (Å²) < 4.78 is 6.30. The third kappa shape index (κ3) is 5.12. The van der Waals surface area contributed by atoms with Crippen LogP contribution in [0.3, 0.4) is 0 Å². The molecule has 37 heavy (non-hydrogen) atoms. The Hall–Kier alpha value is -2.89. The summed E-state index contributed by atoms with van der Waals surface area (Å²) in [5.74, 6) is 1.03. The van der Waals surface area contributed by atoms with E-state index in [0.29, 0.717) is 31.1 Å². The molecule has 2 saturated heterocycles. The molecule has 8 heteroatoms. The second-order valence-electron chi connectivity index (χ2n) is 11.1. The van der Waals surface area contributed by atoms with Crippen molar-refractivity contribution in [2.45, 2.75) is 69.5 Å². The number of benzene rings is 1. The van der Waals surface area contributed by atoms with Crippen molar-refractivity contribution in [1.82, 2.24) is 20.2 Å². The molecule has 196 valence electrons. The Balaban J connectivity index is 1.28. The van der Waals surface area contributed by atoms with E-state index in [-0.39, 0.29) is 6.04 Å². The van der Waals surface area contributed by atoms with Crippen molar-refractivity contribution in [3.63, 3.8) is 0 Å². The molecule has 1 N–H and O–H groups in total. The lowest BCUT2D eigenvalue weighted by atomic mass is 9.88. The number of hydrogen-bond acceptors (Lipinski definition) is 8. The Labute approximate surface area is 220 Å². The van der Waals surface area contributed by atoms with Gasteiger partial charge in [-0.3, -0.25) is 0 Å². The number of nitriles is 1. The van der Waals surface area contributed by atoms with E-state index in [1.54, 1.807) is 0 Å². The number of para-hydroxylation sites is 1. The SMILES string of the molecule is CN1CCC[C@H]1COc1nc2c(c(N3CCN[C@@H](CC#N)C3)n1)CCC(N1CCCc3ccccc31)C2. The van der Waals surface area contributed by atoms with Crippen molar-refractivity contribution in [2.75, 3.05) is 56.2 Å². The van der Waals surface area contributed by atoms with Crippen LogP contribution < -0.4 is 19.9 Å². The molecular weight excluding hydrogens is 462 g/mol. The molecule has 6 rings (SSSR count). The first kappa shape index (κ1) is 24.4. The highest BCUT2D eigenvalue weighted by atomic mass is 16.5. The molecule has 3 atom stereocenters. The molecule has 0 amide bonds. The molecule has 1 aromatic carbocycles. The summed E-state index contributed by atoms with van der Waals surface area (Å²) in [6.07, 6.45) is 8.29. The molecule has 1 aromatic heterocycles. The summed E-state index contributed by atoms with van der Waals surface area (Å²) in [4.78, 5) is 17.4. The predicted octanol–water partition coefficient (Wildman–Crippen LogP) is 2.95. The van der Waals surface area contributed by atoms with Crippen LogP contribution in [0.4, 0.5) is 11.5 Å². The van der Waals surface area contributed by atoms with Gasteiger partial charge in [0.15, 0.2) is 0 Å². The van der Waals surface area contributed by atoms with E-state index in [1.807, 2.05) is 0 Å². The predicted molar refractivity (Wildman–Crippen MR) is 145 cm³/mol. The molecule has 1 unspecified atom stereocenters. The van der Waals surface area contributed by atoms with E-state index in [0.717, 1.165) is 63.5 Å². The van der Waals surface area contributed by atoms with Gasteiger partial charge >= 0.3 is 6.01 Å². The Morgan fingerprint density at radius 3 is 2.89 bits per heavy atom. The standard InChI is InChI=1S/C29H39N7O/c1-34-15-5-8-24(34)20-37-29-32-26-18-23(36-16-4-7-21-6-2-3-9-27(21)36)10-11-25(26)28(33-29)35-17-14-31-22(19-35)12-13-30/h2-3,6,9,22-24,31H,4-5,7-8,10-12,14-20H2,1H3/t22-,23?,24-/m0/s1. The third-order valence-corrected chi connectivity index (χ3v) is 8.76. The van der Waals surface area contributed by atoms with Gasteiger partial charge in [-0.15, -0.1) is 0 Å². The minimum Gasteiger partial charge on any atom is -0.462 e. The van der Waals surface area contributed by atoms with E-state index >= 15 is 0 Å². The van der Waals surface area contributed by atoms with Gasteiger partial charge in [0.05, 0.1) is 18.2 Å². The summed E-state index contributed by atoms with van der Waals surface area (Å²) >= 11 is 0. The quantitative estimate of drug-likeness (QED) is 0.647. The van der Waals surface area contributed by atoms with Crippen molar-refractivity contribution >= 4 is 11.5 Å². The van der Waals surface area contributed by atoms with E-state index in [4.69, 9.17) is 14.7 Å². The van der Waals surface area contributed by atoms with Gasteiger partial charge in [0.2, 0.25) is 0 Å². The summed E-state index contributed by atoms with van der Waals surface area (Å²) in [6.45, 7) is 5.42. The molecule has 2 aromatic rings. The van der Waals surface area contributed by atoms with Crippen molar-refractivity contribution in [1.29, 1.82) is 5.26 Å². The summed E-state index contributed by atoms with van der Waals surface area (Å²) in [6, 6.07) is 12.8. The molecule has 0 spiro atoms. The van der Waals surface area contributed by atoms with E-state index < -0.39 is 0 Å². The third-order valence-electron chi connectivity index (χ3n) is 8.76. The Bertz CT molecular complexity index is 1150. The summed E-state index contributed by atoms with van der Waals surface area (Å²) in [5.41, 5.74) is 5.30. The number of anilines is 2. The number of nitrogens with one attached hydrogen (secondary N) is 1. The lowest BCUT2D eigenvalue weighted by Crippen LogP contribution is -2.51. The largest absolute Gasteiger partial charge is 0.462 e. The highest BCUT2D eigenvalue weighted by molar-refractivity contribution is 5.58. The first-order valence-corrected chi connectivity index (χ1v) is 14.1. The number of fused-ring (bicyclic) bond motifs is 2. The highest BCUT2D eigenvalue weighted by Gasteiger charge is 2.33. The van der Waals surface area contributed by atoms with Crippen LogP contribution in [0.25, 0.3) is 0 Å². The minimum absolute atomic E-state index is 0.169. The molecule has 1 aliphatic carbocycles. The van der Waals surface area contributed by atoms with Crippen LogP contribution in [-0.2, 0) is 19.3 Å². The Morgan fingerprint density at radius 2 is 2.03 bits per heavy atom. The average Bonchev–Trinajstić information content (AvgIpc) is 3.35. The number of aryl methyl sites for hydroxylation is 1. The second-order valence-corrected chi connectivity index (χ2v) is 11.1. The maximum Gasteiger partial charge on any atom is 0.318 e. The molecule has 3 aliphatic heterocycles. The van der Waals surface area contributed by atoms with Crippen molar-refractivity contribution in [3.05, 3.63) is 41.1 Å². The van der Waals surface area contributed by atoms with Gasteiger partial charge in [0.1, 0.15) is 12.4 Å². The van der Waals surface area contributed by atoms with E-state index in [2.05, 4.69) is 57.4 Å². The smallest absolute Gasteiger partial charge is 0.318 e. The fraction of sp³-hybridized carbons (Fsp3) is 0.621. The van der Waals surface area contributed by atoms with Gasteiger partial charge in [0, 0.05) is 62.0 Å². The number of hydrogen-bond donors (Lipinski definition) is 1. The van der Waals surface area contributed by atoms with Crippen molar-refractivity contribution < 1.29 is 4.74 Å². The fourth-order valence-corrected chi connectivity index (χ4v) is 6.72. The van der Waals surface area contributed by atoms with Gasteiger partial charge in [-0.1, -0.05) is 18.2 Å². The molecule has 4 aliphatic rings. The molecule has 0 bridgehead atoms. The normalized spacial score (nSPS) is 25.9. The fourth-order valence-electron chi connectivity index (χ4n) is 6.72. The first-order chi connectivity index (χ1) is 18.2. The zero-order chi connectivity index (χ0) is 25.2. The van der Waals surface area contributed by atoms with E-state index in [1.165, 1.54) is 42.5 Å². The number of ether oxygens (including phenoxy) is 1. The average molecular weight is 502 g/mol. The number of piperazine rings is 1.